The molecule has 0 unspecified atom stereocenters. The number of esters is 1. The number of hydrogen-bond acceptors (Lipinski definition) is 5. The van der Waals surface area contributed by atoms with Gasteiger partial charge in [0, 0.05) is 24.1 Å². The summed E-state index contributed by atoms with van der Waals surface area (Å²) in [4.78, 5) is 37.4. The van der Waals surface area contributed by atoms with Crippen molar-refractivity contribution in [3.05, 3.63) is 57.8 Å². The summed E-state index contributed by atoms with van der Waals surface area (Å²) < 4.78 is 7.08. The minimum absolute atomic E-state index is 0.276. The fourth-order valence-corrected chi connectivity index (χ4v) is 3.82. The van der Waals surface area contributed by atoms with Gasteiger partial charge in [-0.15, -0.1) is 0 Å². The summed E-state index contributed by atoms with van der Waals surface area (Å²) in [6.07, 6.45) is 1.74. The van der Waals surface area contributed by atoms with Crippen LogP contribution >= 0.6 is 11.8 Å². The van der Waals surface area contributed by atoms with Crippen molar-refractivity contribution in [3.8, 4) is 5.69 Å². The van der Waals surface area contributed by atoms with Gasteiger partial charge in [-0.05, 0) is 68.4 Å². The lowest BCUT2D eigenvalue weighted by atomic mass is 10.2. The molecule has 1 aliphatic rings. The van der Waals surface area contributed by atoms with E-state index in [1.165, 1.54) is 7.05 Å². The number of rotatable bonds is 4. The molecule has 0 aliphatic carbocycles. The highest BCUT2D eigenvalue weighted by Gasteiger charge is 2.32. The molecule has 7 heteroatoms. The molecule has 0 radical (unpaired) electrons. The van der Waals surface area contributed by atoms with Gasteiger partial charge in [0.05, 0.1) is 17.1 Å². The third kappa shape index (κ3) is 3.55. The quantitative estimate of drug-likeness (QED) is 0.590. The Hall–Kier alpha value is -2.80. The smallest absolute Gasteiger partial charge is 0.338 e. The maximum absolute atomic E-state index is 12.1. The third-order valence-electron chi connectivity index (χ3n) is 4.36. The van der Waals surface area contributed by atoms with E-state index < -0.39 is 0 Å². The van der Waals surface area contributed by atoms with Gasteiger partial charge in [0.25, 0.3) is 11.1 Å². The van der Waals surface area contributed by atoms with Gasteiger partial charge in [-0.25, -0.2) is 4.79 Å². The van der Waals surface area contributed by atoms with Crippen molar-refractivity contribution in [2.24, 2.45) is 0 Å². The van der Waals surface area contributed by atoms with E-state index in [9.17, 15) is 14.4 Å². The summed E-state index contributed by atoms with van der Waals surface area (Å²) in [5, 5.41) is -0.276. The Morgan fingerprint density at radius 1 is 1.22 bits per heavy atom. The maximum Gasteiger partial charge on any atom is 0.338 e. The van der Waals surface area contributed by atoms with E-state index in [0.29, 0.717) is 17.1 Å². The highest BCUT2D eigenvalue weighted by atomic mass is 32.2. The lowest BCUT2D eigenvalue weighted by Gasteiger charge is -2.11. The number of hydrogen-bond donors (Lipinski definition) is 0. The van der Waals surface area contributed by atoms with Crippen molar-refractivity contribution < 1.29 is 19.1 Å². The number of likely N-dealkylation sites (N-methyl/N-ethyl adjacent to an activating group) is 1. The summed E-state index contributed by atoms with van der Waals surface area (Å²) in [6.45, 7) is 5.98. The average Bonchev–Trinajstić information content (AvgIpc) is 3.05. The van der Waals surface area contributed by atoms with Gasteiger partial charge in [-0.1, -0.05) is 6.07 Å². The van der Waals surface area contributed by atoms with Crippen LogP contribution in [0.2, 0.25) is 0 Å². The van der Waals surface area contributed by atoms with E-state index in [1.54, 1.807) is 25.1 Å². The van der Waals surface area contributed by atoms with Crippen molar-refractivity contribution in [2.45, 2.75) is 20.8 Å². The summed E-state index contributed by atoms with van der Waals surface area (Å²) in [5.74, 6) is -0.655. The Bertz CT molecular complexity index is 974. The minimum Gasteiger partial charge on any atom is -0.462 e. The number of ether oxygens (including phenoxy) is 1. The monoisotopic (exact) mass is 384 g/mol. The molecule has 2 heterocycles. The number of benzene rings is 1. The summed E-state index contributed by atoms with van der Waals surface area (Å²) in [6, 6.07) is 9.17. The maximum atomic E-state index is 12.1. The largest absolute Gasteiger partial charge is 0.462 e. The Balaban J connectivity index is 2.00. The van der Waals surface area contributed by atoms with Crippen LogP contribution in [0.15, 0.2) is 35.2 Å². The molecule has 3 rings (SSSR count). The van der Waals surface area contributed by atoms with E-state index in [1.807, 2.05) is 36.6 Å². The molecule has 0 atom stereocenters. The van der Waals surface area contributed by atoms with Crippen molar-refractivity contribution in [3.63, 3.8) is 0 Å². The minimum atomic E-state index is -0.362. The molecule has 1 aromatic heterocycles. The molecule has 2 aromatic rings. The number of nitrogens with zero attached hydrogens (tertiary/aromatic N) is 2. The van der Waals surface area contributed by atoms with Gasteiger partial charge < -0.3 is 9.30 Å². The fraction of sp³-hybridized carbons (Fsp3) is 0.250. The Kier molecular flexibility index (Phi) is 5.23. The number of carbonyl (C=O) groups excluding carboxylic acids is 3. The number of amides is 2. The second-order valence-corrected chi connectivity index (χ2v) is 7.17. The number of thioether (sulfide) groups is 1. The zero-order chi connectivity index (χ0) is 19.7. The van der Waals surface area contributed by atoms with Crippen LogP contribution in [0.5, 0.6) is 0 Å². The van der Waals surface area contributed by atoms with Gasteiger partial charge in [-0.3, -0.25) is 14.5 Å². The zero-order valence-electron chi connectivity index (χ0n) is 15.6. The van der Waals surface area contributed by atoms with E-state index >= 15 is 0 Å². The highest BCUT2D eigenvalue weighted by Crippen LogP contribution is 2.32. The lowest BCUT2D eigenvalue weighted by molar-refractivity contribution is -0.121. The molecule has 2 amide bonds. The first-order valence-corrected chi connectivity index (χ1v) is 9.33. The summed E-state index contributed by atoms with van der Waals surface area (Å²) in [7, 11) is 1.47. The van der Waals surface area contributed by atoms with Crippen LogP contribution in [-0.2, 0) is 9.53 Å². The highest BCUT2D eigenvalue weighted by molar-refractivity contribution is 8.18. The number of aryl methyl sites for hydroxylation is 1. The molecule has 27 heavy (non-hydrogen) atoms. The fourth-order valence-electron chi connectivity index (χ4n) is 3.00. The molecular weight excluding hydrogens is 364 g/mol. The topological polar surface area (TPSA) is 68.6 Å². The number of aromatic nitrogens is 1. The van der Waals surface area contributed by atoms with E-state index in [-0.39, 0.29) is 17.1 Å². The van der Waals surface area contributed by atoms with Crippen molar-refractivity contribution in [1.82, 2.24) is 9.47 Å². The average molecular weight is 384 g/mol. The van der Waals surface area contributed by atoms with Crippen molar-refractivity contribution in [1.29, 1.82) is 0 Å². The number of imide groups is 1. The molecule has 0 saturated carbocycles. The zero-order valence-corrected chi connectivity index (χ0v) is 16.4. The first-order valence-electron chi connectivity index (χ1n) is 8.51. The van der Waals surface area contributed by atoms with Crippen LogP contribution in [0.1, 0.15) is 34.2 Å². The van der Waals surface area contributed by atoms with Crippen molar-refractivity contribution in [2.75, 3.05) is 13.7 Å². The second kappa shape index (κ2) is 7.44. The van der Waals surface area contributed by atoms with Gasteiger partial charge in [0.2, 0.25) is 0 Å². The Labute approximate surface area is 161 Å². The Morgan fingerprint density at radius 3 is 2.59 bits per heavy atom. The second-order valence-electron chi connectivity index (χ2n) is 6.17. The normalized spacial score (nSPS) is 15.7. The van der Waals surface area contributed by atoms with Crippen LogP contribution in [0.4, 0.5) is 4.79 Å². The molecule has 0 bridgehead atoms. The first kappa shape index (κ1) is 19.0. The van der Waals surface area contributed by atoms with Gasteiger partial charge in [-0.2, -0.15) is 0 Å². The molecule has 1 aliphatic heterocycles. The predicted octanol–water partition coefficient (Wildman–Crippen LogP) is 3.94. The van der Waals surface area contributed by atoms with Gasteiger partial charge in [0.1, 0.15) is 0 Å². The van der Waals surface area contributed by atoms with Crippen LogP contribution in [-0.4, -0.2) is 40.2 Å². The van der Waals surface area contributed by atoms with Gasteiger partial charge >= 0.3 is 5.97 Å². The van der Waals surface area contributed by atoms with Crippen LogP contribution in [0.25, 0.3) is 11.8 Å². The van der Waals surface area contributed by atoms with Crippen LogP contribution in [0, 0.1) is 13.8 Å². The molecule has 0 spiro atoms. The molecule has 1 saturated heterocycles. The summed E-state index contributed by atoms with van der Waals surface area (Å²) >= 11 is 0.936. The van der Waals surface area contributed by atoms with Gasteiger partial charge in [0.15, 0.2) is 0 Å². The molecule has 1 aromatic carbocycles. The molecule has 0 N–H and O–H groups in total. The first-order chi connectivity index (χ1) is 12.8. The van der Waals surface area contributed by atoms with E-state index in [4.69, 9.17) is 4.74 Å². The standard InChI is InChI=1S/C20H20N2O4S/c1-5-26-19(24)14-7-6-8-16(10-14)22-12(2)9-15(13(22)3)11-17-18(23)21(4)20(25)27-17/h6-11H,5H2,1-4H3/b17-11-. The Morgan fingerprint density at radius 2 is 1.96 bits per heavy atom. The number of carbonyl (C=O) groups is 3. The van der Waals surface area contributed by atoms with E-state index in [0.717, 1.165) is 39.3 Å². The van der Waals surface area contributed by atoms with Crippen LogP contribution < -0.4 is 0 Å². The molecular formula is C20H20N2O4S. The SMILES string of the molecule is CCOC(=O)c1cccc(-n2c(C)cc(/C=C3\SC(=O)N(C)C3=O)c2C)c1. The molecule has 1 fully saturated rings. The molecule has 140 valence electrons. The van der Waals surface area contributed by atoms with Crippen molar-refractivity contribution >= 4 is 35.0 Å². The third-order valence-corrected chi connectivity index (χ3v) is 5.32. The predicted molar refractivity (Wildman–Crippen MR) is 105 cm³/mol. The van der Waals surface area contributed by atoms with Crippen LogP contribution in [0.3, 0.4) is 0 Å². The lowest BCUT2D eigenvalue weighted by Crippen LogP contribution is -2.22. The summed E-state index contributed by atoms with van der Waals surface area (Å²) in [5.41, 5.74) is 4.04. The molecule has 6 nitrogen and oxygen atoms in total. The van der Waals surface area contributed by atoms with E-state index in [2.05, 4.69) is 0 Å².